The average molecular weight is 338 g/mol. The van der Waals surface area contributed by atoms with E-state index in [2.05, 4.69) is 17.7 Å². The first kappa shape index (κ1) is 20.6. The first-order valence-electron chi connectivity index (χ1n) is 8.96. The predicted molar refractivity (Wildman–Crippen MR) is 98.5 cm³/mol. The number of carbonyl (C=O) groups is 1. The van der Waals surface area contributed by atoms with Gasteiger partial charge in [-0.2, -0.15) is 0 Å². The maximum atomic E-state index is 13.4. The number of halogens is 1. The molecule has 1 aromatic rings. The number of aryl methyl sites for hydroxylation is 2. The van der Waals surface area contributed by atoms with Crippen molar-refractivity contribution in [1.29, 1.82) is 0 Å². The molecule has 1 aliphatic rings. The number of likely N-dealkylation sites (tertiary alicyclic amines) is 1. The molecule has 136 valence electrons. The Kier molecular flexibility index (Phi) is 7.84. The van der Waals surface area contributed by atoms with E-state index < -0.39 is 0 Å². The average Bonchev–Trinajstić information content (AvgIpc) is 2.54. The minimum atomic E-state index is -0.288. The number of nitrogens with one attached hydrogen (secondary N) is 2. The van der Waals surface area contributed by atoms with Crippen molar-refractivity contribution in [3.8, 4) is 0 Å². The van der Waals surface area contributed by atoms with Gasteiger partial charge in [-0.05, 0) is 63.4 Å². The smallest absolute Gasteiger partial charge is 0.298 e. The first-order valence-corrected chi connectivity index (χ1v) is 8.96. The van der Waals surface area contributed by atoms with E-state index in [-0.39, 0.29) is 17.9 Å². The molecule has 2 N–H and O–H groups in total. The Morgan fingerprint density at radius 3 is 2.08 bits per heavy atom. The van der Waals surface area contributed by atoms with Crippen molar-refractivity contribution in [3.05, 3.63) is 29.1 Å². The third-order valence-electron chi connectivity index (χ3n) is 4.73. The van der Waals surface area contributed by atoms with E-state index in [1.807, 2.05) is 34.7 Å². The summed E-state index contributed by atoms with van der Waals surface area (Å²) in [4.78, 5) is 12.8. The molecule has 2 rings (SSSR count). The summed E-state index contributed by atoms with van der Waals surface area (Å²) >= 11 is 0. The number of hydrogen-bond acceptors (Lipinski definition) is 2. The zero-order chi connectivity index (χ0) is 18.3. The van der Waals surface area contributed by atoms with Crippen molar-refractivity contribution in [2.45, 2.75) is 53.1 Å². The van der Waals surface area contributed by atoms with Gasteiger partial charge in [-0.3, -0.25) is 10.1 Å². The van der Waals surface area contributed by atoms with Crippen LogP contribution in [-0.4, -0.2) is 43.7 Å². The van der Waals surface area contributed by atoms with Gasteiger partial charge in [-0.1, -0.05) is 13.8 Å². The summed E-state index contributed by atoms with van der Waals surface area (Å²) in [6.07, 6.45) is 3.25. The van der Waals surface area contributed by atoms with Crippen molar-refractivity contribution in [1.82, 2.24) is 5.32 Å². The minimum Gasteiger partial charge on any atom is -0.319 e. The van der Waals surface area contributed by atoms with Crippen LogP contribution < -0.4 is 10.6 Å². The molecule has 5 heteroatoms. The minimum absolute atomic E-state index is 0.0512. The molecule has 1 atom stereocenters. The summed E-state index contributed by atoms with van der Waals surface area (Å²) < 4.78 is 14.1. The number of likely N-dealkylation sites (N-methyl/N-ethyl adjacent to an activating group) is 2. The van der Waals surface area contributed by atoms with E-state index in [9.17, 15) is 9.18 Å². The normalized spacial score (nSPS) is 17.5. The lowest BCUT2D eigenvalue weighted by Gasteiger charge is -2.42. The third kappa shape index (κ3) is 4.77. The quantitative estimate of drug-likeness (QED) is 0.824. The van der Waals surface area contributed by atoms with Gasteiger partial charge in [0, 0.05) is 5.69 Å². The van der Waals surface area contributed by atoms with E-state index in [4.69, 9.17) is 0 Å². The Morgan fingerprint density at radius 1 is 1.12 bits per heavy atom. The molecular formula is C19H33FN3O+. The lowest BCUT2D eigenvalue weighted by molar-refractivity contribution is -0.931. The Hall–Kier alpha value is -1.46. The summed E-state index contributed by atoms with van der Waals surface area (Å²) in [5.41, 5.74) is 2.22. The van der Waals surface area contributed by atoms with Gasteiger partial charge in [0.25, 0.3) is 5.91 Å². The largest absolute Gasteiger partial charge is 0.319 e. The monoisotopic (exact) mass is 338 g/mol. The molecule has 1 heterocycles. The second kappa shape index (κ2) is 9.14. The van der Waals surface area contributed by atoms with Gasteiger partial charge >= 0.3 is 0 Å². The SMILES string of the molecule is CC.CNC(C(=O)Nc1c(C)cc(F)cc1C)[N+]1(C)CCCCC1. The van der Waals surface area contributed by atoms with Crippen LogP contribution in [0.2, 0.25) is 0 Å². The highest BCUT2D eigenvalue weighted by Gasteiger charge is 2.38. The topological polar surface area (TPSA) is 41.1 Å². The van der Waals surface area contributed by atoms with Crippen LogP contribution in [0.4, 0.5) is 10.1 Å². The van der Waals surface area contributed by atoms with E-state index >= 15 is 0 Å². The van der Waals surface area contributed by atoms with Crippen LogP contribution in [0.15, 0.2) is 12.1 Å². The van der Waals surface area contributed by atoms with E-state index in [1.165, 1.54) is 18.6 Å². The molecule has 1 saturated heterocycles. The summed E-state index contributed by atoms with van der Waals surface area (Å²) in [7, 11) is 3.96. The maximum absolute atomic E-state index is 13.4. The van der Waals surface area contributed by atoms with Crippen LogP contribution in [0.3, 0.4) is 0 Å². The lowest BCUT2D eigenvalue weighted by Crippen LogP contribution is -2.64. The zero-order valence-corrected chi connectivity index (χ0v) is 16.0. The number of amides is 1. The molecule has 4 nitrogen and oxygen atoms in total. The molecule has 0 radical (unpaired) electrons. The fourth-order valence-electron chi connectivity index (χ4n) is 3.52. The highest BCUT2D eigenvalue weighted by Crippen LogP contribution is 2.24. The second-order valence-corrected chi connectivity index (χ2v) is 6.58. The zero-order valence-electron chi connectivity index (χ0n) is 16.0. The number of quaternary nitrogens is 1. The highest BCUT2D eigenvalue weighted by molar-refractivity contribution is 5.95. The number of anilines is 1. The van der Waals surface area contributed by atoms with Crippen LogP contribution >= 0.6 is 0 Å². The second-order valence-electron chi connectivity index (χ2n) is 6.58. The summed E-state index contributed by atoms with van der Waals surface area (Å²) in [6, 6.07) is 2.91. The Labute approximate surface area is 146 Å². The van der Waals surface area contributed by atoms with Crippen LogP contribution in [0.1, 0.15) is 44.2 Å². The number of carbonyl (C=O) groups excluding carboxylic acids is 1. The maximum Gasteiger partial charge on any atom is 0.298 e. The Balaban J connectivity index is 0.00000139. The molecule has 1 fully saturated rings. The van der Waals surface area contributed by atoms with Crippen molar-refractivity contribution in [2.24, 2.45) is 0 Å². The number of piperidine rings is 1. The molecule has 1 unspecified atom stereocenters. The molecule has 0 aliphatic carbocycles. The molecule has 0 aromatic heterocycles. The van der Waals surface area contributed by atoms with Gasteiger partial charge < -0.3 is 9.80 Å². The van der Waals surface area contributed by atoms with Crippen molar-refractivity contribution >= 4 is 11.6 Å². The van der Waals surface area contributed by atoms with Gasteiger partial charge in [0.1, 0.15) is 5.82 Å². The molecule has 1 aromatic carbocycles. The van der Waals surface area contributed by atoms with Crippen molar-refractivity contribution in [2.75, 3.05) is 32.5 Å². The van der Waals surface area contributed by atoms with Crippen LogP contribution in [-0.2, 0) is 4.79 Å². The van der Waals surface area contributed by atoms with Gasteiger partial charge in [0.2, 0.25) is 6.17 Å². The molecule has 24 heavy (non-hydrogen) atoms. The van der Waals surface area contributed by atoms with Crippen molar-refractivity contribution < 1.29 is 13.7 Å². The standard InChI is InChI=1S/C17H26FN3O.C2H6/c1-12-10-14(18)11-13(2)15(12)20-17(22)16(19-3)21(4)8-6-5-7-9-21;1-2/h10-11,16,19H,5-9H2,1-4H3;1-2H3/p+1. The van der Waals surface area contributed by atoms with Crippen LogP contribution in [0.5, 0.6) is 0 Å². The van der Waals surface area contributed by atoms with E-state index in [0.29, 0.717) is 4.48 Å². The highest BCUT2D eigenvalue weighted by atomic mass is 19.1. The number of nitrogens with zero attached hydrogens (tertiary/aromatic N) is 1. The first-order chi connectivity index (χ1) is 11.4. The fraction of sp³-hybridized carbons (Fsp3) is 0.632. The van der Waals surface area contributed by atoms with Gasteiger partial charge in [-0.15, -0.1) is 0 Å². The molecule has 0 bridgehead atoms. The molecule has 0 saturated carbocycles. The summed E-state index contributed by atoms with van der Waals surface area (Å²) in [5, 5.41) is 6.16. The van der Waals surface area contributed by atoms with E-state index in [0.717, 1.165) is 42.7 Å². The molecular weight excluding hydrogens is 305 g/mol. The molecule has 0 spiro atoms. The van der Waals surface area contributed by atoms with Gasteiger partial charge in [0.05, 0.1) is 20.1 Å². The fourth-order valence-corrected chi connectivity index (χ4v) is 3.52. The third-order valence-corrected chi connectivity index (χ3v) is 4.73. The number of hydrogen-bond donors (Lipinski definition) is 2. The summed E-state index contributed by atoms with van der Waals surface area (Å²) in [6.45, 7) is 9.63. The number of rotatable bonds is 4. The molecule has 1 amide bonds. The van der Waals surface area contributed by atoms with Crippen molar-refractivity contribution in [3.63, 3.8) is 0 Å². The van der Waals surface area contributed by atoms with Gasteiger partial charge in [0.15, 0.2) is 0 Å². The predicted octanol–water partition coefficient (Wildman–Crippen LogP) is 3.58. The molecule has 1 aliphatic heterocycles. The van der Waals surface area contributed by atoms with E-state index in [1.54, 1.807) is 0 Å². The summed E-state index contributed by atoms with van der Waals surface area (Å²) in [5.74, 6) is -0.321. The number of benzene rings is 1. The van der Waals surface area contributed by atoms with Crippen LogP contribution in [0, 0.1) is 19.7 Å². The van der Waals surface area contributed by atoms with Gasteiger partial charge in [-0.25, -0.2) is 4.39 Å². The Morgan fingerprint density at radius 2 is 1.62 bits per heavy atom. The Bertz CT molecular complexity index is 531. The van der Waals surface area contributed by atoms with Crippen LogP contribution in [0.25, 0.3) is 0 Å². The lowest BCUT2D eigenvalue weighted by atomic mass is 10.1.